The Kier molecular flexibility index (Phi) is 6.86. The van der Waals surface area contributed by atoms with Gasteiger partial charge in [-0.05, 0) is 5.92 Å². The molecule has 0 aromatic carbocycles. The summed E-state index contributed by atoms with van der Waals surface area (Å²) in [5.41, 5.74) is 0. The van der Waals surface area contributed by atoms with Crippen molar-refractivity contribution in [3.63, 3.8) is 0 Å². The molecule has 1 aromatic rings. The number of rotatable bonds is 8. The summed E-state index contributed by atoms with van der Waals surface area (Å²) in [4.78, 5) is 11.3. The summed E-state index contributed by atoms with van der Waals surface area (Å²) in [5.74, 6) is 2.81. The number of morpholine rings is 1. The van der Waals surface area contributed by atoms with Gasteiger partial charge in [-0.2, -0.15) is 4.98 Å². The van der Waals surface area contributed by atoms with E-state index in [4.69, 9.17) is 9.47 Å². The summed E-state index contributed by atoms with van der Waals surface area (Å²) in [6.45, 7) is 12.5. The van der Waals surface area contributed by atoms with E-state index in [-0.39, 0.29) is 0 Å². The Balaban J connectivity index is 1.86. The fourth-order valence-electron chi connectivity index (χ4n) is 2.21. The molecule has 1 aliphatic heterocycles. The molecule has 0 bridgehead atoms. The lowest BCUT2D eigenvalue weighted by molar-refractivity contribution is 0.0398. The van der Waals surface area contributed by atoms with Crippen molar-refractivity contribution < 1.29 is 9.47 Å². The molecule has 0 aliphatic carbocycles. The molecule has 6 nitrogen and oxygen atoms in total. The maximum atomic E-state index is 5.73. The highest BCUT2D eigenvalue weighted by Gasteiger charge is 2.10. The first-order chi connectivity index (χ1) is 10.7. The number of hydrogen-bond donors (Lipinski definition) is 1. The van der Waals surface area contributed by atoms with Crippen LogP contribution in [0.15, 0.2) is 6.07 Å². The maximum Gasteiger partial charge on any atom is 0.218 e. The van der Waals surface area contributed by atoms with Crippen molar-refractivity contribution >= 4 is 5.82 Å². The first-order valence-corrected chi connectivity index (χ1v) is 8.22. The number of aryl methyl sites for hydroxylation is 1. The third-order valence-corrected chi connectivity index (χ3v) is 3.47. The van der Waals surface area contributed by atoms with E-state index in [1.54, 1.807) is 0 Å². The Labute approximate surface area is 133 Å². The van der Waals surface area contributed by atoms with E-state index < -0.39 is 0 Å². The molecule has 1 fully saturated rings. The van der Waals surface area contributed by atoms with Gasteiger partial charge >= 0.3 is 0 Å². The van der Waals surface area contributed by atoms with Crippen molar-refractivity contribution in [2.75, 3.05) is 51.3 Å². The Morgan fingerprint density at radius 3 is 2.77 bits per heavy atom. The largest absolute Gasteiger partial charge is 0.477 e. The van der Waals surface area contributed by atoms with E-state index in [2.05, 4.69) is 41.0 Å². The van der Waals surface area contributed by atoms with Gasteiger partial charge in [0.25, 0.3) is 0 Å². The van der Waals surface area contributed by atoms with Gasteiger partial charge in [-0.3, -0.25) is 4.90 Å². The van der Waals surface area contributed by atoms with Gasteiger partial charge in [0.15, 0.2) is 0 Å². The van der Waals surface area contributed by atoms with Crippen LogP contribution in [0.2, 0.25) is 0 Å². The predicted octanol–water partition coefficient (Wildman–Crippen LogP) is 1.82. The van der Waals surface area contributed by atoms with Crippen molar-refractivity contribution in [3.05, 3.63) is 11.9 Å². The highest BCUT2D eigenvalue weighted by Crippen LogP contribution is 2.15. The van der Waals surface area contributed by atoms with E-state index in [1.165, 1.54) is 0 Å². The van der Waals surface area contributed by atoms with Crippen LogP contribution >= 0.6 is 0 Å². The summed E-state index contributed by atoms with van der Waals surface area (Å²) in [6, 6.07) is 1.89. The van der Waals surface area contributed by atoms with E-state index in [9.17, 15) is 0 Å². The van der Waals surface area contributed by atoms with Gasteiger partial charge in [0.05, 0.1) is 19.8 Å². The fourth-order valence-corrected chi connectivity index (χ4v) is 2.21. The van der Waals surface area contributed by atoms with Gasteiger partial charge in [-0.25, -0.2) is 4.98 Å². The molecular formula is C16H28N4O2. The van der Waals surface area contributed by atoms with Crippen LogP contribution in [-0.4, -0.2) is 60.9 Å². The summed E-state index contributed by atoms with van der Waals surface area (Å²) in [5, 5.41) is 3.38. The molecule has 2 rings (SSSR count). The van der Waals surface area contributed by atoms with Crippen LogP contribution in [0.25, 0.3) is 0 Å². The molecule has 0 amide bonds. The van der Waals surface area contributed by atoms with Crippen LogP contribution in [0.4, 0.5) is 5.82 Å². The highest BCUT2D eigenvalue weighted by molar-refractivity contribution is 5.38. The zero-order chi connectivity index (χ0) is 15.8. The van der Waals surface area contributed by atoms with Crippen LogP contribution < -0.4 is 10.1 Å². The molecule has 1 aromatic heterocycles. The average Bonchev–Trinajstić information content (AvgIpc) is 2.54. The van der Waals surface area contributed by atoms with Crippen molar-refractivity contribution in [2.45, 2.75) is 27.2 Å². The van der Waals surface area contributed by atoms with Crippen LogP contribution in [0.3, 0.4) is 0 Å². The first kappa shape index (κ1) is 17.0. The van der Waals surface area contributed by atoms with Gasteiger partial charge < -0.3 is 14.8 Å². The van der Waals surface area contributed by atoms with Gasteiger partial charge in [0.1, 0.15) is 11.6 Å². The van der Waals surface area contributed by atoms with Crippen LogP contribution in [-0.2, 0) is 11.2 Å². The lowest BCUT2D eigenvalue weighted by Gasteiger charge is -2.26. The summed E-state index contributed by atoms with van der Waals surface area (Å²) >= 11 is 0. The summed E-state index contributed by atoms with van der Waals surface area (Å²) < 4.78 is 11.1. The minimum Gasteiger partial charge on any atom is -0.477 e. The molecule has 124 valence electrons. The zero-order valence-corrected chi connectivity index (χ0v) is 14.0. The number of anilines is 1. The number of nitrogens with one attached hydrogen (secondary N) is 1. The monoisotopic (exact) mass is 308 g/mol. The number of hydrogen-bond acceptors (Lipinski definition) is 6. The second-order valence-corrected chi connectivity index (χ2v) is 5.95. The average molecular weight is 308 g/mol. The lowest BCUT2D eigenvalue weighted by atomic mass is 10.2. The van der Waals surface area contributed by atoms with Gasteiger partial charge in [-0.1, -0.05) is 20.8 Å². The second-order valence-electron chi connectivity index (χ2n) is 5.95. The quantitative estimate of drug-likeness (QED) is 0.790. The van der Waals surface area contributed by atoms with Crippen LogP contribution in [0, 0.1) is 5.92 Å². The van der Waals surface area contributed by atoms with Crippen LogP contribution in [0.1, 0.15) is 26.6 Å². The van der Waals surface area contributed by atoms with Gasteiger partial charge in [0.2, 0.25) is 5.88 Å². The topological polar surface area (TPSA) is 59.5 Å². The number of aromatic nitrogens is 2. The fraction of sp³-hybridized carbons (Fsp3) is 0.750. The normalized spacial score (nSPS) is 16.0. The molecule has 22 heavy (non-hydrogen) atoms. The Bertz CT molecular complexity index is 448. The standard InChI is InChI=1S/C16H28N4O2/c1-4-14-18-15(11-16(19-14)22-12-13(2)3)17-5-6-20-7-9-21-10-8-20/h11,13H,4-10,12H2,1-3H3,(H,17,18,19). The van der Waals surface area contributed by atoms with Crippen molar-refractivity contribution in [1.82, 2.24) is 14.9 Å². The lowest BCUT2D eigenvalue weighted by Crippen LogP contribution is -2.39. The Morgan fingerprint density at radius 2 is 2.09 bits per heavy atom. The number of ether oxygens (including phenoxy) is 2. The van der Waals surface area contributed by atoms with E-state index in [0.717, 1.165) is 57.5 Å². The second kappa shape index (κ2) is 8.90. The predicted molar refractivity (Wildman–Crippen MR) is 87.5 cm³/mol. The molecular weight excluding hydrogens is 280 g/mol. The molecule has 1 aliphatic rings. The zero-order valence-electron chi connectivity index (χ0n) is 14.0. The third kappa shape index (κ3) is 5.77. The SMILES string of the molecule is CCc1nc(NCCN2CCOCC2)cc(OCC(C)C)n1. The molecule has 0 saturated carbocycles. The van der Waals surface area contributed by atoms with Crippen molar-refractivity contribution in [2.24, 2.45) is 5.92 Å². The Hall–Kier alpha value is -1.40. The van der Waals surface area contributed by atoms with E-state index in [0.29, 0.717) is 18.4 Å². The summed E-state index contributed by atoms with van der Waals surface area (Å²) in [7, 11) is 0. The van der Waals surface area contributed by atoms with Gasteiger partial charge in [0, 0.05) is 38.7 Å². The molecule has 0 unspecified atom stereocenters. The Morgan fingerprint density at radius 1 is 1.32 bits per heavy atom. The molecule has 0 atom stereocenters. The van der Waals surface area contributed by atoms with E-state index in [1.807, 2.05) is 6.07 Å². The molecule has 1 N–H and O–H groups in total. The first-order valence-electron chi connectivity index (χ1n) is 8.22. The van der Waals surface area contributed by atoms with Crippen molar-refractivity contribution in [3.8, 4) is 5.88 Å². The van der Waals surface area contributed by atoms with E-state index >= 15 is 0 Å². The minimum absolute atomic E-state index is 0.484. The maximum absolute atomic E-state index is 5.73. The summed E-state index contributed by atoms with van der Waals surface area (Å²) in [6.07, 6.45) is 0.803. The molecule has 0 radical (unpaired) electrons. The smallest absolute Gasteiger partial charge is 0.218 e. The molecule has 1 saturated heterocycles. The van der Waals surface area contributed by atoms with Crippen molar-refractivity contribution in [1.29, 1.82) is 0 Å². The van der Waals surface area contributed by atoms with Gasteiger partial charge in [-0.15, -0.1) is 0 Å². The minimum atomic E-state index is 0.484. The molecule has 0 spiro atoms. The molecule has 2 heterocycles. The van der Waals surface area contributed by atoms with Crippen LogP contribution in [0.5, 0.6) is 5.88 Å². The third-order valence-electron chi connectivity index (χ3n) is 3.47. The molecule has 6 heteroatoms. The number of nitrogens with zero attached hydrogens (tertiary/aromatic N) is 3. The highest BCUT2D eigenvalue weighted by atomic mass is 16.5.